The molecule has 0 unspecified atom stereocenters. The van der Waals surface area contributed by atoms with Crippen molar-refractivity contribution in [2.45, 2.75) is 18.7 Å². The van der Waals surface area contributed by atoms with Crippen molar-refractivity contribution in [2.24, 2.45) is 5.10 Å². The van der Waals surface area contributed by atoms with Crippen LogP contribution in [0.3, 0.4) is 0 Å². The molecule has 0 radical (unpaired) electrons. The molecule has 2 N–H and O–H groups in total. The van der Waals surface area contributed by atoms with Crippen molar-refractivity contribution >= 4 is 39.0 Å². The summed E-state index contributed by atoms with van der Waals surface area (Å²) in [6, 6.07) is 11.4. The van der Waals surface area contributed by atoms with E-state index in [0.717, 1.165) is 11.3 Å². The highest BCUT2D eigenvalue weighted by molar-refractivity contribution is 7.89. The van der Waals surface area contributed by atoms with Crippen molar-refractivity contribution in [3.05, 3.63) is 58.6 Å². The van der Waals surface area contributed by atoms with Gasteiger partial charge in [0.15, 0.2) is 0 Å². The normalized spacial score (nSPS) is 12.0. The summed E-state index contributed by atoms with van der Waals surface area (Å²) in [6.45, 7) is 2.88. The first-order valence-corrected chi connectivity index (χ1v) is 9.41. The van der Waals surface area contributed by atoms with Crippen LogP contribution >= 0.6 is 11.6 Å². The summed E-state index contributed by atoms with van der Waals surface area (Å²) in [5, 5.41) is 15.3. The van der Waals surface area contributed by atoms with Crippen LogP contribution in [-0.4, -0.2) is 26.6 Å². The average molecular weight is 395 g/mol. The number of halogens is 1. The topological polar surface area (TPSA) is 111 Å². The zero-order chi connectivity index (χ0) is 19.3. The van der Waals surface area contributed by atoms with Gasteiger partial charge in [0.25, 0.3) is 0 Å². The number of hydrazone groups is 1. The fourth-order valence-electron chi connectivity index (χ4n) is 1.99. The molecule has 0 aliphatic rings. The average Bonchev–Trinajstić information content (AvgIpc) is 2.61. The molecule has 0 aromatic heterocycles. The molecule has 9 heteroatoms. The Morgan fingerprint density at radius 2 is 1.85 bits per heavy atom. The number of rotatable bonds is 7. The van der Waals surface area contributed by atoms with E-state index in [2.05, 4.69) is 10.5 Å². The number of carbonyl (C=O) groups excluding carboxylic acids is 1. The van der Waals surface area contributed by atoms with Crippen LogP contribution in [0, 0.1) is 6.92 Å². The van der Waals surface area contributed by atoms with Gasteiger partial charge in [0, 0.05) is 5.02 Å². The molecule has 2 aromatic rings. The van der Waals surface area contributed by atoms with Gasteiger partial charge in [-0.05, 0) is 49.2 Å². The van der Waals surface area contributed by atoms with Crippen molar-refractivity contribution in [1.29, 1.82) is 0 Å². The number of aryl methyl sites for hydroxylation is 1. The van der Waals surface area contributed by atoms with E-state index in [9.17, 15) is 18.3 Å². The molecular formula is C17H17ClN3O4S-. The molecule has 0 fully saturated rings. The van der Waals surface area contributed by atoms with Crippen LogP contribution in [0.1, 0.15) is 18.1 Å². The van der Waals surface area contributed by atoms with Crippen molar-refractivity contribution in [2.75, 3.05) is 12.0 Å². The van der Waals surface area contributed by atoms with Gasteiger partial charge in [-0.15, -0.1) is 0 Å². The molecule has 0 aliphatic carbocycles. The molecule has 0 saturated carbocycles. The third kappa shape index (κ3) is 5.29. The zero-order valence-corrected chi connectivity index (χ0v) is 15.7. The molecule has 138 valence electrons. The van der Waals surface area contributed by atoms with Crippen LogP contribution in [0.15, 0.2) is 52.5 Å². The van der Waals surface area contributed by atoms with Gasteiger partial charge in [-0.2, -0.15) is 5.10 Å². The van der Waals surface area contributed by atoms with Gasteiger partial charge in [-0.1, -0.05) is 29.8 Å². The van der Waals surface area contributed by atoms with E-state index in [1.807, 2.05) is 23.8 Å². The maximum absolute atomic E-state index is 11.9. The maximum atomic E-state index is 11.9. The molecule has 0 heterocycles. The molecule has 0 bridgehead atoms. The highest BCUT2D eigenvalue weighted by Crippen LogP contribution is 2.20. The van der Waals surface area contributed by atoms with Gasteiger partial charge in [0.2, 0.25) is 10.0 Å². The maximum Gasteiger partial charge on any atom is 0.240 e. The molecule has 7 nitrogen and oxygen atoms in total. The summed E-state index contributed by atoms with van der Waals surface area (Å²) in [4.78, 5) is 10.3. The number of aliphatic carboxylic acids is 1. The number of benzene rings is 2. The van der Waals surface area contributed by atoms with Crippen LogP contribution in [-0.2, 0) is 14.8 Å². The van der Waals surface area contributed by atoms with E-state index in [-0.39, 0.29) is 4.90 Å². The first kappa shape index (κ1) is 19.9. The third-order valence-electron chi connectivity index (χ3n) is 3.51. The Bertz CT molecular complexity index is 941. The number of hydrogen-bond acceptors (Lipinski definition) is 6. The molecule has 0 aliphatic heterocycles. The van der Waals surface area contributed by atoms with Crippen LogP contribution in [0.2, 0.25) is 5.02 Å². The van der Waals surface area contributed by atoms with E-state index in [4.69, 9.17) is 11.6 Å². The highest BCUT2D eigenvalue weighted by atomic mass is 35.5. The van der Waals surface area contributed by atoms with E-state index in [0.29, 0.717) is 16.3 Å². The summed E-state index contributed by atoms with van der Waals surface area (Å²) in [6.07, 6.45) is 0. The summed E-state index contributed by atoms with van der Waals surface area (Å²) < 4.78 is 25.8. The fraction of sp³-hybridized carbons (Fsp3) is 0.176. The Morgan fingerprint density at radius 1 is 1.19 bits per heavy atom. The summed E-state index contributed by atoms with van der Waals surface area (Å²) in [5.41, 5.74) is 5.91. The second-order valence-corrected chi connectivity index (χ2v) is 7.67. The van der Waals surface area contributed by atoms with Crippen molar-refractivity contribution < 1.29 is 18.3 Å². The number of hydrogen-bond donors (Lipinski definition) is 2. The van der Waals surface area contributed by atoms with E-state index in [1.165, 1.54) is 12.1 Å². The van der Waals surface area contributed by atoms with Crippen molar-refractivity contribution in [3.8, 4) is 0 Å². The number of anilines is 1. The first-order chi connectivity index (χ1) is 12.2. The minimum absolute atomic E-state index is 0.0476. The van der Waals surface area contributed by atoms with Crippen LogP contribution < -0.4 is 15.3 Å². The predicted octanol–water partition coefficient (Wildman–Crippen LogP) is 1.51. The molecule has 0 spiro atoms. The Balaban J connectivity index is 2.11. The van der Waals surface area contributed by atoms with Gasteiger partial charge in [0.1, 0.15) is 0 Å². The first-order valence-electron chi connectivity index (χ1n) is 7.55. The lowest BCUT2D eigenvalue weighted by atomic mass is 10.1. The van der Waals surface area contributed by atoms with Crippen molar-refractivity contribution in [3.63, 3.8) is 0 Å². The summed E-state index contributed by atoms with van der Waals surface area (Å²) in [5.74, 6) is -1.50. The van der Waals surface area contributed by atoms with Gasteiger partial charge in [-0.25, -0.2) is 13.1 Å². The molecule has 0 amide bonds. The van der Waals surface area contributed by atoms with Gasteiger partial charge >= 0.3 is 0 Å². The van der Waals surface area contributed by atoms with Crippen LogP contribution in [0.5, 0.6) is 0 Å². The molecule has 2 aromatic carbocycles. The number of carbonyl (C=O) groups is 1. The molecule has 0 saturated heterocycles. The highest BCUT2D eigenvalue weighted by Gasteiger charge is 2.13. The number of nitrogens with zero attached hydrogens (tertiary/aromatic N) is 1. The van der Waals surface area contributed by atoms with Gasteiger partial charge < -0.3 is 9.90 Å². The van der Waals surface area contributed by atoms with E-state index < -0.39 is 22.5 Å². The smallest absolute Gasteiger partial charge is 0.240 e. The number of sulfonamides is 1. The van der Waals surface area contributed by atoms with Crippen molar-refractivity contribution in [1.82, 2.24) is 4.72 Å². The molecular weight excluding hydrogens is 378 g/mol. The van der Waals surface area contributed by atoms with Gasteiger partial charge in [-0.3, -0.25) is 5.43 Å². The fourth-order valence-corrected chi connectivity index (χ4v) is 3.14. The monoisotopic (exact) mass is 394 g/mol. The third-order valence-corrected chi connectivity index (χ3v) is 5.34. The summed E-state index contributed by atoms with van der Waals surface area (Å²) in [7, 11) is -3.90. The lowest BCUT2D eigenvalue weighted by Gasteiger charge is -2.08. The quantitative estimate of drug-likeness (QED) is 0.546. The van der Waals surface area contributed by atoms with E-state index >= 15 is 0 Å². The van der Waals surface area contributed by atoms with E-state index in [1.54, 1.807) is 25.1 Å². The summed E-state index contributed by atoms with van der Waals surface area (Å²) >= 11 is 6.06. The minimum atomic E-state index is -3.90. The minimum Gasteiger partial charge on any atom is -0.549 e. The standard InChI is InChI=1S/C17H18ClN3O4S/c1-11-3-6-14(9-16(11)18)21-20-12(2)13-4-7-15(8-5-13)26(24,25)19-10-17(22)23/h3-9,19,21H,10H2,1-2H3,(H,22,23)/p-1/b20-12-. The SMILES string of the molecule is C/C(=N/Nc1ccc(C)c(Cl)c1)c1ccc(S(=O)(=O)NCC(=O)[O-])cc1. The molecule has 26 heavy (non-hydrogen) atoms. The zero-order valence-electron chi connectivity index (χ0n) is 14.1. The second-order valence-electron chi connectivity index (χ2n) is 5.49. The molecule has 2 rings (SSSR count). The Kier molecular flexibility index (Phi) is 6.36. The second kappa shape index (κ2) is 8.31. The van der Waals surface area contributed by atoms with Crippen LogP contribution in [0.4, 0.5) is 5.69 Å². The number of carboxylic acids is 1. The largest absolute Gasteiger partial charge is 0.549 e. The van der Waals surface area contributed by atoms with Crippen LogP contribution in [0.25, 0.3) is 0 Å². The Labute approximate surface area is 156 Å². The number of carboxylic acid groups (broad SMARTS) is 1. The Morgan fingerprint density at radius 3 is 2.42 bits per heavy atom. The predicted molar refractivity (Wildman–Crippen MR) is 98.7 cm³/mol. The lowest BCUT2D eigenvalue weighted by Crippen LogP contribution is -2.37. The number of nitrogens with one attached hydrogen (secondary N) is 2. The van der Waals surface area contributed by atoms with Gasteiger partial charge in [0.05, 0.1) is 28.8 Å². The lowest BCUT2D eigenvalue weighted by molar-refractivity contribution is -0.303. The molecule has 0 atom stereocenters. The Hall–Kier alpha value is -2.42.